The SMILES string of the molecule is NC(=O)c1cc(-c2csc(NC(=O)CCc3nc(-c4ccco4)no3)n2)c[nH]1. The van der Waals surface area contributed by atoms with Crippen molar-refractivity contribution in [1.29, 1.82) is 0 Å². The van der Waals surface area contributed by atoms with Gasteiger partial charge in [-0.2, -0.15) is 4.98 Å². The fourth-order valence-corrected chi connectivity index (χ4v) is 3.15. The highest BCUT2D eigenvalue weighted by Gasteiger charge is 2.14. The van der Waals surface area contributed by atoms with Gasteiger partial charge in [-0.1, -0.05) is 5.16 Å². The van der Waals surface area contributed by atoms with Crippen LogP contribution in [0.25, 0.3) is 22.8 Å². The first-order chi connectivity index (χ1) is 13.6. The highest BCUT2D eigenvalue weighted by molar-refractivity contribution is 7.14. The van der Waals surface area contributed by atoms with Gasteiger partial charge >= 0.3 is 0 Å². The Kier molecular flexibility index (Phi) is 4.72. The van der Waals surface area contributed by atoms with Gasteiger partial charge in [-0.3, -0.25) is 9.59 Å². The van der Waals surface area contributed by atoms with E-state index in [0.717, 1.165) is 0 Å². The number of nitrogens with zero attached hydrogens (tertiary/aromatic N) is 3. The minimum Gasteiger partial charge on any atom is -0.461 e. The smallest absolute Gasteiger partial charge is 0.265 e. The number of H-pyrrole nitrogens is 1. The summed E-state index contributed by atoms with van der Waals surface area (Å²) in [4.78, 5) is 34.6. The number of nitrogens with two attached hydrogens (primary N) is 1. The normalized spacial score (nSPS) is 10.9. The second kappa shape index (κ2) is 7.48. The molecule has 0 aliphatic heterocycles. The number of rotatable bonds is 7. The summed E-state index contributed by atoms with van der Waals surface area (Å²) in [5, 5.41) is 8.76. The number of aryl methyl sites for hydroxylation is 1. The number of carbonyl (C=O) groups is 2. The highest BCUT2D eigenvalue weighted by Crippen LogP contribution is 2.25. The fourth-order valence-electron chi connectivity index (χ4n) is 2.41. The van der Waals surface area contributed by atoms with E-state index >= 15 is 0 Å². The minimum atomic E-state index is -0.550. The monoisotopic (exact) mass is 398 g/mol. The molecule has 28 heavy (non-hydrogen) atoms. The van der Waals surface area contributed by atoms with Crippen molar-refractivity contribution in [3.05, 3.63) is 47.6 Å². The molecule has 0 unspecified atom stereocenters. The lowest BCUT2D eigenvalue weighted by atomic mass is 10.2. The molecular weight excluding hydrogens is 384 g/mol. The Labute approximate surface area is 161 Å². The first-order valence-corrected chi connectivity index (χ1v) is 9.07. The lowest BCUT2D eigenvalue weighted by molar-refractivity contribution is -0.116. The Morgan fingerprint density at radius 1 is 1.32 bits per heavy atom. The number of hydrogen-bond acceptors (Lipinski definition) is 8. The maximum atomic E-state index is 12.1. The summed E-state index contributed by atoms with van der Waals surface area (Å²) in [6.45, 7) is 0. The van der Waals surface area contributed by atoms with Crippen LogP contribution in [0.2, 0.25) is 0 Å². The molecule has 11 heteroatoms. The molecule has 0 spiro atoms. The summed E-state index contributed by atoms with van der Waals surface area (Å²) >= 11 is 1.28. The zero-order valence-electron chi connectivity index (χ0n) is 14.3. The van der Waals surface area contributed by atoms with Crippen LogP contribution in [0.1, 0.15) is 22.8 Å². The fraction of sp³-hybridized carbons (Fsp3) is 0.118. The van der Waals surface area contributed by atoms with Crippen LogP contribution in [-0.2, 0) is 11.2 Å². The van der Waals surface area contributed by atoms with Crippen molar-refractivity contribution >= 4 is 28.3 Å². The van der Waals surface area contributed by atoms with Crippen molar-refractivity contribution in [1.82, 2.24) is 20.1 Å². The molecule has 0 fully saturated rings. The van der Waals surface area contributed by atoms with Crippen molar-refractivity contribution in [2.45, 2.75) is 12.8 Å². The van der Waals surface area contributed by atoms with E-state index in [9.17, 15) is 9.59 Å². The van der Waals surface area contributed by atoms with Crippen molar-refractivity contribution in [2.24, 2.45) is 5.73 Å². The quantitative estimate of drug-likeness (QED) is 0.432. The maximum Gasteiger partial charge on any atom is 0.265 e. The van der Waals surface area contributed by atoms with Crippen molar-refractivity contribution < 1.29 is 18.5 Å². The zero-order valence-corrected chi connectivity index (χ0v) is 15.2. The van der Waals surface area contributed by atoms with E-state index in [-0.39, 0.29) is 18.7 Å². The Hall–Kier alpha value is -3.73. The average molecular weight is 398 g/mol. The molecule has 142 valence electrons. The first kappa shape index (κ1) is 17.7. The summed E-state index contributed by atoms with van der Waals surface area (Å²) in [7, 11) is 0. The number of nitrogens with one attached hydrogen (secondary N) is 2. The molecule has 0 radical (unpaired) electrons. The van der Waals surface area contributed by atoms with Crippen LogP contribution in [0.15, 0.2) is 45.0 Å². The van der Waals surface area contributed by atoms with Crippen LogP contribution in [0, 0.1) is 0 Å². The van der Waals surface area contributed by atoms with Crippen LogP contribution in [0.3, 0.4) is 0 Å². The Morgan fingerprint density at radius 3 is 2.96 bits per heavy atom. The molecule has 0 saturated carbocycles. The Balaban J connectivity index is 1.33. The molecule has 0 aromatic carbocycles. The summed E-state index contributed by atoms with van der Waals surface area (Å²) < 4.78 is 10.3. The number of aromatic nitrogens is 4. The van der Waals surface area contributed by atoms with E-state index in [0.29, 0.717) is 39.6 Å². The number of furan rings is 1. The molecule has 4 aromatic rings. The number of anilines is 1. The summed E-state index contributed by atoms with van der Waals surface area (Å²) in [6, 6.07) is 5.05. The van der Waals surface area contributed by atoms with Gasteiger partial charge in [0.2, 0.25) is 17.6 Å². The number of carbonyl (C=O) groups excluding carboxylic acids is 2. The van der Waals surface area contributed by atoms with Gasteiger partial charge in [0.25, 0.3) is 5.91 Å². The molecule has 0 bridgehead atoms. The Bertz CT molecular complexity index is 1110. The number of hydrogen-bond donors (Lipinski definition) is 3. The molecule has 4 N–H and O–H groups in total. The number of thiazole rings is 1. The molecule has 0 aliphatic carbocycles. The standard InChI is InChI=1S/C17H14N6O4S/c18-15(25)10-6-9(7-19-10)11-8-28-17(20-11)21-13(24)3-4-14-22-16(23-27-14)12-2-1-5-26-12/h1-2,5-8,19H,3-4H2,(H2,18,25)(H,20,21,24). The largest absolute Gasteiger partial charge is 0.461 e. The molecule has 10 nitrogen and oxygen atoms in total. The second-order valence-electron chi connectivity index (χ2n) is 5.74. The van der Waals surface area contributed by atoms with Crippen molar-refractivity contribution in [3.8, 4) is 22.8 Å². The van der Waals surface area contributed by atoms with Crippen LogP contribution in [0.5, 0.6) is 0 Å². The van der Waals surface area contributed by atoms with E-state index in [1.165, 1.54) is 17.6 Å². The third-order valence-electron chi connectivity index (χ3n) is 3.77. The third-order valence-corrected chi connectivity index (χ3v) is 4.53. The van der Waals surface area contributed by atoms with Crippen LogP contribution >= 0.6 is 11.3 Å². The lowest BCUT2D eigenvalue weighted by Crippen LogP contribution is -2.12. The number of amides is 2. The van der Waals surface area contributed by atoms with E-state index in [2.05, 4.69) is 25.4 Å². The lowest BCUT2D eigenvalue weighted by Gasteiger charge is -1.99. The van der Waals surface area contributed by atoms with Crippen LogP contribution in [0.4, 0.5) is 5.13 Å². The molecule has 4 aromatic heterocycles. The Morgan fingerprint density at radius 2 is 2.21 bits per heavy atom. The van der Waals surface area contributed by atoms with E-state index < -0.39 is 5.91 Å². The summed E-state index contributed by atoms with van der Waals surface area (Å²) in [6.07, 6.45) is 3.60. The van der Waals surface area contributed by atoms with E-state index in [1.807, 2.05) is 0 Å². The number of aromatic amines is 1. The molecule has 2 amide bonds. The van der Waals surface area contributed by atoms with Gasteiger partial charge in [-0.15, -0.1) is 11.3 Å². The van der Waals surface area contributed by atoms with Gasteiger partial charge in [0.15, 0.2) is 10.9 Å². The summed E-state index contributed by atoms with van der Waals surface area (Å²) in [5.41, 5.74) is 6.85. The molecule has 4 heterocycles. The van der Waals surface area contributed by atoms with Gasteiger partial charge in [0.05, 0.1) is 12.0 Å². The zero-order chi connectivity index (χ0) is 19.5. The topological polar surface area (TPSA) is 153 Å². The predicted octanol–water partition coefficient (Wildman–Crippen LogP) is 2.45. The maximum absolute atomic E-state index is 12.1. The van der Waals surface area contributed by atoms with E-state index in [1.54, 1.807) is 29.8 Å². The van der Waals surface area contributed by atoms with Crippen molar-refractivity contribution in [2.75, 3.05) is 5.32 Å². The second-order valence-corrected chi connectivity index (χ2v) is 6.60. The highest BCUT2D eigenvalue weighted by atomic mass is 32.1. The van der Waals surface area contributed by atoms with Crippen LogP contribution < -0.4 is 11.1 Å². The van der Waals surface area contributed by atoms with Crippen LogP contribution in [-0.4, -0.2) is 31.9 Å². The summed E-state index contributed by atoms with van der Waals surface area (Å²) in [5.74, 6) is 0.398. The molecule has 0 saturated heterocycles. The third kappa shape index (κ3) is 3.83. The molecular formula is C17H14N6O4S. The molecule has 0 aliphatic rings. The van der Waals surface area contributed by atoms with Gasteiger partial charge in [0, 0.05) is 30.0 Å². The predicted molar refractivity (Wildman–Crippen MR) is 99.4 cm³/mol. The van der Waals surface area contributed by atoms with Gasteiger partial charge in [-0.05, 0) is 18.2 Å². The van der Waals surface area contributed by atoms with Crippen molar-refractivity contribution in [3.63, 3.8) is 0 Å². The molecule has 4 rings (SSSR count). The molecule has 0 atom stereocenters. The minimum absolute atomic E-state index is 0.157. The van der Waals surface area contributed by atoms with Gasteiger partial charge in [0.1, 0.15) is 5.69 Å². The van der Waals surface area contributed by atoms with Gasteiger partial charge in [-0.25, -0.2) is 4.98 Å². The average Bonchev–Trinajstić information content (AvgIpc) is 3.47. The van der Waals surface area contributed by atoms with E-state index in [4.69, 9.17) is 14.7 Å². The number of primary amides is 1. The van der Waals surface area contributed by atoms with Gasteiger partial charge < -0.3 is 25.0 Å². The first-order valence-electron chi connectivity index (χ1n) is 8.19.